The van der Waals surface area contributed by atoms with Gasteiger partial charge in [0.1, 0.15) is 0 Å². The summed E-state index contributed by atoms with van der Waals surface area (Å²) < 4.78 is 11.1. The summed E-state index contributed by atoms with van der Waals surface area (Å²) in [7, 11) is 5.59. The van der Waals surface area contributed by atoms with Crippen LogP contribution in [0.15, 0.2) is 36.4 Å². The zero-order valence-electron chi connectivity index (χ0n) is 20.0. The van der Waals surface area contributed by atoms with E-state index >= 15 is 0 Å². The lowest BCUT2D eigenvalue weighted by atomic mass is 9.86. The highest BCUT2D eigenvalue weighted by molar-refractivity contribution is 5.97. The van der Waals surface area contributed by atoms with Crippen molar-refractivity contribution in [2.24, 2.45) is 0 Å². The summed E-state index contributed by atoms with van der Waals surface area (Å²) in [6.07, 6.45) is 3.08. The molecule has 2 aromatic carbocycles. The lowest BCUT2D eigenvalue weighted by molar-refractivity contribution is 0.154. The molecule has 0 unspecified atom stereocenters. The minimum atomic E-state index is 0.751. The molecule has 1 aliphatic heterocycles. The van der Waals surface area contributed by atoms with Gasteiger partial charge in [-0.25, -0.2) is 4.98 Å². The fourth-order valence-corrected chi connectivity index (χ4v) is 5.12. The van der Waals surface area contributed by atoms with E-state index in [1.54, 1.807) is 14.2 Å². The Balaban J connectivity index is 1.44. The molecule has 1 N–H and O–H groups in total. The summed E-state index contributed by atoms with van der Waals surface area (Å²) in [5.41, 5.74) is 7.07. The van der Waals surface area contributed by atoms with Gasteiger partial charge in [0.25, 0.3) is 0 Å². The smallest absolute Gasteiger partial charge is 0.161 e. The van der Waals surface area contributed by atoms with E-state index in [0.29, 0.717) is 0 Å². The van der Waals surface area contributed by atoms with Crippen LogP contribution in [0.1, 0.15) is 17.5 Å². The van der Waals surface area contributed by atoms with Crippen molar-refractivity contribution in [1.29, 1.82) is 0 Å². The largest absolute Gasteiger partial charge is 0.493 e. The van der Waals surface area contributed by atoms with Crippen LogP contribution in [-0.4, -0.2) is 75.3 Å². The summed E-state index contributed by atoms with van der Waals surface area (Å²) in [4.78, 5) is 10.1. The van der Waals surface area contributed by atoms with Crippen molar-refractivity contribution in [3.63, 3.8) is 0 Å². The number of rotatable bonds is 7. The van der Waals surface area contributed by atoms with Crippen LogP contribution in [-0.2, 0) is 12.8 Å². The Morgan fingerprint density at radius 1 is 0.970 bits per heavy atom. The van der Waals surface area contributed by atoms with Gasteiger partial charge in [-0.1, -0.05) is 18.2 Å². The quantitative estimate of drug-likeness (QED) is 0.552. The van der Waals surface area contributed by atoms with Crippen molar-refractivity contribution >= 4 is 16.6 Å². The fourth-order valence-electron chi connectivity index (χ4n) is 5.12. The third-order valence-electron chi connectivity index (χ3n) is 7.05. The molecule has 1 fully saturated rings. The SMILES string of the molecule is COc1cc2c(cc1OC)-c1nc3ccccc3c(NCCCN3CCN(C)CC3)c1CC2. The maximum absolute atomic E-state index is 5.60. The second-order valence-corrected chi connectivity index (χ2v) is 9.12. The third kappa shape index (κ3) is 4.37. The molecule has 0 radical (unpaired) electrons. The summed E-state index contributed by atoms with van der Waals surface area (Å²) in [6, 6.07) is 12.7. The van der Waals surface area contributed by atoms with E-state index in [9.17, 15) is 0 Å². The minimum Gasteiger partial charge on any atom is -0.493 e. The number of aryl methyl sites for hydroxylation is 1. The molecule has 0 atom stereocenters. The molecular formula is C27H34N4O2. The van der Waals surface area contributed by atoms with Gasteiger partial charge < -0.3 is 24.6 Å². The first kappa shape index (κ1) is 22.0. The fraction of sp³-hybridized carbons (Fsp3) is 0.444. The highest BCUT2D eigenvalue weighted by Crippen LogP contribution is 2.43. The van der Waals surface area contributed by atoms with Crippen LogP contribution < -0.4 is 14.8 Å². The molecule has 0 saturated carbocycles. The molecule has 0 bridgehead atoms. The monoisotopic (exact) mass is 446 g/mol. The molecule has 1 aromatic heterocycles. The van der Waals surface area contributed by atoms with Crippen LogP contribution in [0.3, 0.4) is 0 Å². The Hall–Kier alpha value is -2.83. The lowest BCUT2D eigenvalue weighted by Crippen LogP contribution is -2.44. The van der Waals surface area contributed by atoms with Crippen LogP contribution in [0.5, 0.6) is 11.5 Å². The Morgan fingerprint density at radius 3 is 2.52 bits per heavy atom. The number of benzene rings is 2. The Labute approximate surface area is 196 Å². The van der Waals surface area contributed by atoms with Gasteiger partial charge >= 0.3 is 0 Å². The van der Waals surface area contributed by atoms with Gasteiger partial charge in [0, 0.05) is 54.9 Å². The van der Waals surface area contributed by atoms with Gasteiger partial charge in [-0.05, 0) is 56.6 Å². The molecule has 6 heteroatoms. The van der Waals surface area contributed by atoms with Crippen molar-refractivity contribution in [2.45, 2.75) is 19.3 Å². The van der Waals surface area contributed by atoms with Gasteiger partial charge in [0.15, 0.2) is 11.5 Å². The first-order chi connectivity index (χ1) is 16.2. The van der Waals surface area contributed by atoms with Crippen molar-refractivity contribution in [3.05, 3.63) is 47.5 Å². The lowest BCUT2D eigenvalue weighted by Gasteiger charge is -2.32. The molecule has 6 nitrogen and oxygen atoms in total. The predicted octanol–water partition coefficient (Wildman–Crippen LogP) is 4.07. The van der Waals surface area contributed by atoms with Crippen molar-refractivity contribution in [3.8, 4) is 22.8 Å². The topological polar surface area (TPSA) is 49.9 Å². The van der Waals surface area contributed by atoms with Crippen molar-refractivity contribution in [2.75, 3.05) is 65.9 Å². The van der Waals surface area contributed by atoms with E-state index in [1.807, 2.05) is 0 Å². The number of methoxy groups -OCH3 is 2. The van der Waals surface area contributed by atoms with Crippen LogP contribution in [0.25, 0.3) is 22.2 Å². The number of aromatic nitrogens is 1. The maximum atomic E-state index is 5.60. The molecule has 2 aliphatic rings. The number of likely N-dealkylation sites (N-methyl/N-ethyl adjacent to an activating group) is 1. The number of hydrogen-bond donors (Lipinski definition) is 1. The van der Waals surface area contributed by atoms with Crippen LogP contribution >= 0.6 is 0 Å². The number of para-hydroxylation sites is 1. The number of nitrogens with zero attached hydrogens (tertiary/aromatic N) is 3. The number of anilines is 1. The molecular weight excluding hydrogens is 412 g/mol. The number of nitrogens with one attached hydrogen (secondary N) is 1. The first-order valence-electron chi connectivity index (χ1n) is 12.0. The molecule has 0 amide bonds. The third-order valence-corrected chi connectivity index (χ3v) is 7.05. The Bertz CT molecular complexity index is 1140. The summed E-state index contributed by atoms with van der Waals surface area (Å²) in [6.45, 7) is 6.79. The maximum Gasteiger partial charge on any atom is 0.161 e. The number of hydrogen-bond acceptors (Lipinski definition) is 6. The minimum absolute atomic E-state index is 0.751. The van der Waals surface area contributed by atoms with Crippen molar-refractivity contribution in [1.82, 2.24) is 14.8 Å². The highest BCUT2D eigenvalue weighted by atomic mass is 16.5. The van der Waals surface area contributed by atoms with E-state index in [2.05, 4.69) is 58.6 Å². The standard InChI is InChI=1S/C27H34N4O2/c1-30-13-15-31(16-14-30)12-6-11-28-26-20-7-4-5-8-23(20)29-27-21(26)10-9-19-17-24(32-2)25(33-3)18-22(19)27/h4-5,7-8,17-18H,6,9-16H2,1-3H3,(H,28,29). The summed E-state index contributed by atoms with van der Waals surface area (Å²) in [5.74, 6) is 1.53. The highest BCUT2D eigenvalue weighted by Gasteiger charge is 2.24. The van der Waals surface area contributed by atoms with Gasteiger partial charge in [0.05, 0.1) is 25.4 Å². The van der Waals surface area contributed by atoms with Gasteiger partial charge in [-0.2, -0.15) is 0 Å². The second kappa shape index (κ2) is 9.57. The number of fused-ring (bicyclic) bond motifs is 4. The molecule has 174 valence electrons. The molecule has 0 spiro atoms. The molecule has 3 aromatic rings. The number of piperazine rings is 1. The van der Waals surface area contributed by atoms with Gasteiger partial charge in [0.2, 0.25) is 0 Å². The molecule has 2 heterocycles. The number of ether oxygens (including phenoxy) is 2. The molecule has 1 aliphatic carbocycles. The summed E-state index contributed by atoms with van der Waals surface area (Å²) in [5, 5.41) is 5.02. The Kier molecular flexibility index (Phi) is 6.38. The Morgan fingerprint density at radius 2 is 1.73 bits per heavy atom. The molecule has 5 rings (SSSR count). The van der Waals surface area contributed by atoms with Crippen LogP contribution in [0, 0.1) is 0 Å². The van der Waals surface area contributed by atoms with Crippen molar-refractivity contribution < 1.29 is 9.47 Å². The van der Waals surface area contributed by atoms with E-state index in [1.165, 1.54) is 48.4 Å². The van der Waals surface area contributed by atoms with Crippen LogP contribution in [0.2, 0.25) is 0 Å². The zero-order valence-corrected chi connectivity index (χ0v) is 20.0. The van der Waals surface area contributed by atoms with Crippen LogP contribution in [0.4, 0.5) is 5.69 Å². The van der Waals surface area contributed by atoms with E-state index in [4.69, 9.17) is 14.5 Å². The first-order valence-corrected chi connectivity index (χ1v) is 12.0. The van der Waals surface area contributed by atoms with Gasteiger partial charge in [-0.15, -0.1) is 0 Å². The van der Waals surface area contributed by atoms with Gasteiger partial charge in [-0.3, -0.25) is 0 Å². The van der Waals surface area contributed by atoms with E-state index < -0.39 is 0 Å². The van der Waals surface area contributed by atoms with E-state index in [0.717, 1.165) is 60.6 Å². The average Bonchev–Trinajstić information content (AvgIpc) is 2.86. The predicted molar refractivity (Wildman–Crippen MR) is 135 cm³/mol. The normalized spacial score (nSPS) is 16.3. The molecule has 33 heavy (non-hydrogen) atoms. The average molecular weight is 447 g/mol. The summed E-state index contributed by atoms with van der Waals surface area (Å²) >= 11 is 0. The second-order valence-electron chi connectivity index (χ2n) is 9.12. The van der Waals surface area contributed by atoms with E-state index in [-0.39, 0.29) is 0 Å². The zero-order chi connectivity index (χ0) is 22.8. The number of pyridine rings is 1. The molecule has 1 saturated heterocycles.